The van der Waals surface area contributed by atoms with Crippen LogP contribution in [0.1, 0.15) is 17.3 Å². The number of primary amides is 1. The molecule has 156 valence electrons. The number of alkyl halides is 2. The SMILES string of the molecule is CC1COCCN1c1ncnc2nc(-c3ccc(OC(F)F)c(C(N)=O)c3)ccc12. The van der Waals surface area contributed by atoms with E-state index in [0.29, 0.717) is 36.7 Å². The third-order valence-corrected chi connectivity index (χ3v) is 4.87. The van der Waals surface area contributed by atoms with Crippen molar-refractivity contribution in [2.45, 2.75) is 19.6 Å². The second kappa shape index (κ2) is 8.15. The zero-order chi connectivity index (χ0) is 21.3. The van der Waals surface area contributed by atoms with Crippen LogP contribution in [0.4, 0.5) is 14.6 Å². The summed E-state index contributed by atoms with van der Waals surface area (Å²) in [6.45, 7) is 0.932. The van der Waals surface area contributed by atoms with Gasteiger partial charge in [0.05, 0.1) is 35.9 Å². The van der Waals surface area contributed by atoms with Crippen LogP contribution in [0.25, 0.3) is 22.3 Å². The highest BCUT2D eigenvalue weighted by molar-refractivity contribution is 5.97. The molecule has 1 saturated heterocycles. The molecule has 3 heterocycles. The molecule has 1 aromatic carbocycles. The number of hydrogen-bond donors (Lipinski definition) is 1. The molecule has 0 spiro atoms. The Morgan fingerprint density at radius 2 is 2.13 bits per heavy atom. The molecule has 30 heavy (non-hydrogen) atoms. The Bertz CT molecular complexity index is 1100. The molecule has 0 bridgehead atoms. The van der Waals surface area contributed by atoms with Gasteiger partial charge >= 0.3 is 6.61 Å². The molecule has 2 aromatic heterocycles. The maximum atomic E-state index is 12.6. The Morgan fingerprint density at radius 3 is 2.87 bits per heavy atom. The van der Waals surface area contributed by atoms with Crippen LogP contribution in [0.3, 0.4) is 0 Å². The van der Waals surface area contributed by atoms with E-state index in [9.17, 15) is 13.6 Å². The molecule has 10 heteroatoms. The summed E-state index contributed by atoms with van der Waals surface area (Å²) < 4.78 is 35.0. The average molecular weight is 415 g/mol. The number of benzene rings is 1. The van der Waals surface area contributed by atoms with Crippen molar-refractivity contribution in [2.75, 3.05) is 24.7 Å². The highest BCUT2D eigenvalue weighted by Gasteiger charge is 2.23. The van der Waals surface area contributed by atoms with Crippen LogP contribution in [0.15, 0.2) is 36.7 Å². The molecule has 1 aliphatic rings. The molecule has 0 aliphatic carbocycles. The number of nitrogens with zero attached hydrogens (tertiary/aromatic N) is 4. The molecule has 0 radical (unpaired) electrons. The quantitative estimate of drug-likeness (QED) is 0.683. The molecule has 3 aromatic rings. The molecule has 1 unspecified atom stereocenters. The smallest absolute Gasteiger partial charge is 0.387 e. The van der Waals surface area contributed by atoms with E-state index >= 15 is 0 Å². The van der Waals surface area contributed by atoms with E-state index in [1.807, 2.05) is 6.07 Å². The predicted octanol–water partition coefficient (Wildman–Crippen LogP) is 2.62. The largest absolute Gasteiger partial charge is 0.434 e. The van der Waals surface area contributed by atoms with Crippen molar-refractivity contribution >= 4 is 22.8 Å². The van der Waals surface area contributed by atoms with Gasteiger partial charge in [0.25, 0.3) is 5.91 Å². The van der Waals surface area contributed by atoms with E-state index in [1.54, 1.807) is 6.07 Å². The van der Waals surface area contributed by atoms with Gasteiger partial charge in [-0.2, -0.15) is 8.78 Å². The van der Waals surface area contributed by atoms with E-state index < -0.39 is 12.5 Å². The minimum atomic E-state index is -3.06. The minimum absolute atomic E-state index is 0.153. The number of fused-ring (bicyclic) bond motifs is 1. The normalized spacial score (nSPS) is 16.8. The summed E-state index contributed by atoms with van der Waals surface area (Å²) in [5.74, 6) is -0.388. The zero-order valence-electron chi connectivity index (χ0n) is 16.1. The first-order valence-corrected chi connectivity index (χ1v) is 9.29. The topological polar surface area (TPSA) is 103 Å². The fourth-order valence-electron chi connectivity index (χ4n) is 3.44. The van der Waals surface area contributed by atoms with Crippen LogP contribution in [-0.4, -0.2) is 53.3 Å². The van der Waals surface area contributed by atoms with Gasteiger partial charge in [0.2, 0.25) is 0 Å². The Balaban J connectivity index is 1.74. The van der Waals surface area contributed by atoms with E-state index in [1.165, 1.54) is 24.5 Å². The predicted molar refractivity (Wildman–Crippen MR) is 106 cm³/mol. The Kier molecular flexibility index (Phi) is 5.40. The monoisotopic (exact) mass is 415 g/mol. The number of hydrogen-bond acceptors (Lipinski definition) is 7. The second-order valence-corrected chi connectivity index (χ2v) is 6.84. The summed E-state index contributed by atoms with van der Waals surface area (Å²) in [6.07, 6.45) is 1.45. The number of rotatable bonds is 5. The van der Waals surface area contributed by atoms with Gasteiger partial charge in [-0.25, -0.2) is 15.0 Å². The number of halogens is 2. The summed E-state index contributed by atoms with van der Waals surface area (Å²) in [6, 6.07) is 7.95. The molecule has 8 nitrogen and oxygen atoms in total. The van der Waals surface area contributed by atoms with E-state index in [-0.39, 0.29) is 17.4 Å². The molecule has 4 rings (SSSR count). The number of amides is 1. The van der Waals surface area contributed by atoms with Crippen LogP contribution in [0.5, 0.6) is 5.75 Å². The van der Waals surface area contributed by atoms with Gasteiger partial charge in [0.15, 0.2) is 5.65 Å². The zero-order valence-corrected chi connectivity index (χ0v) is 16.1. The van der Waals surface area contributed by atoms with E-state index in [0.717, 1.165) is 11.2 Å². The first-order chi connectivity index (χ1) is 14.4. The average Bonchev–Trinajstić information content (AvgIpc) is 2.73. The van der Waals surface area contributed by atoms with Gasteiger partial charge in [0.1, 0.15) is 17.9 Å². The second-order valence-electron chi connectivity index (χ2n) is 6.84. The fourth-order valence-corrected chi connectivity index (χ4v) is 3.44. The summed E-state index contributed by atoms with van der Waals surface area (Å²) in [4.78, 5) is 27.1. The summed E-state index contributed by atoms with van der Waals surface area (Å²) in [5.41, 5.74) is 6.67. The first kappa shape index (κ1) is 19.9. The lowest BCUT2D eigenvalue weighted by atomic mass is 10.1. The van der Waals surface area contributed by atoms with Crippen molar-refractivity contribution < 1.29 is 23.0 Å². The number of aromatic nitrogens is 3. The number of carbonyl (C=O) groups is 1. The lowest BCUT2D eigenvalue weighted by molar-refractivity contribution is -0.0501. The number of carbonyl (C=O) groups excluding carboxylic acids is 1. The van der Waals surface area contributed by atoms with Gasteiger partial charge in [-0.15, -0.1) is 0 Å². The number of pyridine rings is 1. The first-order valence-electron chi connectivity index (χ1n) is 9.29. The van der Waals surface area contributed by atoms with Gasteiger partial charge in [-0.1, -0.05) is 0 Å². The number of nitrogens with two attached hydrogens (primary N) is 1. The molecule has 1 amide bonds. The minimum Gasteiger partial charge on any atom is -0.434 e. The van der Waals surface area contributed by atoms with Crippen molar-refractivity contribution in [3.05, 3.63) is 42.2 Å². The third kappa shape index (κ3) is 3.86. The molecule has 1 aliphatic heterocycles. The Hall–Kier alpha value is -3.40. The maximum Gasteiger partial charge on any atom is 0.387 e. The van der Waals surface area contributed by atoms with Gasteiger partial charge < -0.3 is 20.1 Å². The van der Waals surface area contributed by atoms with Crippen molar-refractivity contribution in [3.8, 4) is 17.0 Å². The van der Waals surface area contributed by atoms with Crippen molar-refractivity contribution in [3.63, 3.8) is 0 Å². The Morgan fingerprint density at radius 1 is 1.30 bits per heavy atom. The Labute approximate surface area is 170 Å². The highest BCUT2D eigenvalue weighted by atomic mass is 19.3. The summed E-state index contributed by atoms with van der Waals surface area (Å²) >= 11 is 0. The van der Waals surface area contributed by atoms with Gasteiger partial charge in [0, 0.05) is 12.1 Å². The van der Waals surface area contributed by atoms with Crippen LogP contribution in [0, 0.1) is 0 Å². The number of anilines is 1. The summed E-state index contributed by atoms with van der Waals surface area (Å²) in [5, 5.41) is 0.780. The molecule has 1 atom stereocenters. The molecule has 0 saturated carbocycles. The third-order valence-electron chi connectivity index (χ3n) is 4.87. The van der Waals surface area contributed by atoms with Crippen molar-refractivity contribution in [2.24, 2.45) is 5.73 Å². The number of ether oxygens (including phenoxy) is 2. The lowest BCUT2D eigenvalue weighted by Crippen LogP contribution is -2.44. The highest BCUT2D eigenvalue weighted by Crippen LogP contribution is 2.30. The summed E-state index contributed by atoms with van der Waals surface area (Å²) in [7, 11) is 0. The fraction of sp³-hybridized carbons (Fsp3) is 0.300. The van der Waals surface area contributed by atoms with Crippen LogP contribution >= 0.6 is 0 Å². The van der Waals surface area contributed by atoms with E-state index in [2.05, 4.69) is 31.5 Å². The van der Waals surface area contributed by atoms with Gasteiger partial charge in [-0.05, 0) is 37.3 Å². The number of morpholine rings is 1. The standard InChI is InChI=1S/C20H19F2N5O3/c1-11-9-29-7-6-27(11)19-13-3-4-15(26-18(13)24-10-25-19)12-2-5-16(30-20(21)22)14(8-12)17(23)28/h2-5,8,10-11,20H,6-7,9H2,1H3,(H2,23,28). The van der Waals surface area contributed by atoms with Crippen molar-refractivity contribution in [1.29, 1.82) is 0 Å². The van der Waals surface area contributed by atoms with Crippen LogP contribution in [-0.2, 0) is 4.74 Å². The van der Waals surface area contributed by atoms with Crippen molar-refractivity contribution in [1.82, 2.24) is 15.0 Å². The molecule has 1 fully saturated rings. The van der Waals surface area contributed by atoms with Gasteiger partial charge in [-0.3, -0.25) is 4.79 Å². The van der Waals surface area contributed by atoms with Crippen LogP contribution in [0.2, 0.25) is 0 Å². The lowest BCUT2D eigenvalue weighted by Gasteiger charge is -2.34. The van der Waals surface area contributed by atoms with Crippen LogP contribution < -0.4 is 15.4 Å². The molecule has 2 N–H and O–H groups in total. The molecular formula is C20H19F2N5O3. The maximum absolute atomic E-state index is 12.6. The van der Waals surface area contributed by atoms with E-state index in [4.69, 9.17) is 10.5 Å². The molecular weight excluding hydrogens is 396 g/mol.